The summed E-state index contributed by atoms with van der Waals surface area (Å²) in [7, 11) is 5.64. The molecule has 2 aromatic rings. The number of carbonyl (C=O) groups excluding carboxylic acids is 2. The van der Waals surface area contributed by atoms with Gasteiger partial charge in [-0.1, -0.05) is 24.0 Å². The highest BCUT2D eigenvalue weighted by Crippen LogP contribution is 2.19. The minimum absolute atomic E-state index is 0.112. The molecule has 1 unspecified atom stereocenters. The van der Waals surface area contributed by atoms with Crippen LogP contribution in [-0.2, 0) is 9.59 Å². The molecule has 2 amide bonds. The quantitative estimate of drug-likeness (QED) is 0.251. The molecule has 10 nitrogen and oxygen atoms in total. The SMILES string of the molecule is CNc1nc(Nc2cccc(C#N)c2)ncc1C#CCCCNC(=O)C1CCCN1C(=O)/C=C/CN(C)C. The third kappa shape index (κ3) is 8.32. The van der Waals surface area contributed by atoms with Crippen molar-refractivity contribution in [3.63, 3.8) is 0 Å². The number of carbonyl (C=O) groups is 2. The van der Waals surface area contributed by atoms with Crippen molar-refractivity contribution in [1.29, 1.82) is 5.26 Å². The van der Waals surface area contributed by atoms with Crippen molar-refractivity contribution in [2.45, 2.75) is 31.7 Å². The number of benzene rings is 1. The molecule has 1 aliphatic rings. The molecule has 38 heavy (non-hydrogen) atoms. The van der Waals surface area contributed by atoms with Crippen LogP contribution in [0.1, 0.15) is 36.8 Å². The van der Waals surface area contributed by atoms with Gasteiger partial charge in [0.25, 0.3) is 0 Å². The monoisotopic (exact) mass is 514 g/mol. The van der Waals surface area contributed by atoms with Gasteiger partial charge in [0.1, 0.15) is 11.9 Å². The van der Waals surface area contributed by atoms with Crippen molar-refractivity contribution in [1.82, 2.24) is 25.1 Å². The van der Waals surface area contributed by atoms with Crippen molar-refractivity contribution >= 4 is 29.3 Å². The van der Waals surface area contributed by atoms with Crippen LogP contribution >= 0.6 is 0 Å². The van der Waals surface area contributed by atoms with Gasteiger partial charge in [-0.15, -0.1) is 0 Å². The Morgan fingerprint density at radius 2 is 2.16 bits per heavy atom. The molecule has 3 rings (SSSR count). The number of likely N-dealkylation sites (tertiary alicyclic amines) is 1. The molecule has 0 aliphatic carbocycles. The third-order valence-corrected chi connectivity index (χ3v) is 5.84. The summed E-state index contributed by atoms with van der Waals surface area (Å²) in [5.74, 6) is 6.94. The van der Waals surface area contributed by atoms with Gasteiger partial charge in [-0.3, -0.25) is 9.59 Å². The number of hydrogen-bond acceptors (Lipinski definition) is 8. The van der Waals surface area contributed by atoms with Crippen molar-refractivity contribution in [2.75, 3.05) is 51.4 Å². The van der Waals surface area contributed by atoms with Crippen molar-refractivity contribution in [2.24, 2.45) is 0 Å². The van der Waals surface area contributed by atoms with Crippen LogP contribution < -0.4 is 16.0 Å². The summed E-state index contributed by atoms with van der Waals surface area (Å²) in [5.41, 5.74) is 1.93. The van der Waals surface area contributed by atoms with Gasteiger partial charge in [0, 0.05) is 44.9 Å². The maximum absolute atomic E-state index is 12.7. The van der Waals surface area contributed by atoms with Gasteiger partial charge in [-0.2, -0.15) is 10.2 Å². The van der Waals surface area contributed by atoms with Gasteiger partial charge in [-0.05, 0) is 51.6 Å². The average molecular weight is 515 g/mol. The summed E-state index contributed by atoms with van der Waals surface area (Å²) >= 11 is 0. The van der Waals surface area contributed by atoms with E-state index in [1.807, 2.05) is 31.1 Å². The van der Waals surface area contributed by atoms with Crippen LogP contribution in [-0.4, -0.2) is 78.4 Å². The Morgan fingerprint density at radius 1 is 1.32 bits per heavy atom. The van der Waals surface area contributed by atoms with Crippen molar-refractivity contribution in [3.05, 3.63) is 53.7 Å². The van der Waals surface area contributed by atoms with Crippen LogP contribution in [0.25, 0.3) is 0 Å². The van der Waals surface area contributed by atoms with Crippen molar-refractivity contribution in [3.8, 4) is 17.9 Å². The molecule has 1 aromatic carbocycles. The van der Waals surface area contributed by atoms with E-state index in [9.17, 15) is 9.59 Å². The molecule has 2 heterocycles. The number of rotatable bonds is 10. The number of nitrogens with one attached hydrogen (secondary N) is 3. The van der Waals surface area contributed by atoms with E-state index in [-0.39, 0.29) is 11.8 Å². The zero-order valence-corrected chi connectivity index (χ0v) is 22.1. The number of unbranched alkanes of at least 4 members (excludes halogenated alkanes) is 1. The maximum Gasteiger partial charge on any atom is 0.246 e. The van der Waals surface area contributed by atoms with Gasteiger partial charge in [-0.25, -0.2) is 4.98 Å². The average Bonchev–Trinajstić information content (AvgIpc) is 3.41. The lowest BCUT2D eigenvalue weighted by Gasteiger charge is -2.22. The molecule has 0 bridgehead atoms. The van der Waals surface area contributed by atoms with E-state index in [4.69, 9.17) is 5.26 Å². The van der Waals surface area contributed by atoms with E-state index < -0.39 is 6.04 Å². The molecule has 0 spiro atoms. The number of nitrogens with zero attached hydrogens (tertiary/aromatic N) is 5. The second-order valence-electron chi connectivity index (χ2n) is 9.07. The predicted octanol–water partition coefficient (Wildman–Crippen LogP) is 2.49. The second-order valence-corrected chi connectivity index (χ2v) is 9.07. The molecule has 1 fully saturated rings. The van der Waals surface area contributed by atoms with E-state index in [0.717, 1.165) is 12.1 Å². The van der Waals surface area contributed by atoms with Crippen LogP contribution in [0.4, 0.5) is 17.5 Å². The highest BCUT2D eigenvalue weighted by molar-refractivity contribution is 5.93. The first-order chi connectivity index (χ1) is 18.4. The van der Waals surface area contributed by atoms with Gasteiger partial charge in [0.2, 0.25) is 17.8 Å². The Balaban J connectivity index is 1.46. The van der Waals surface area contributed by atoms with Gasteiger partial charge in [0.15, 0.2) is 0 Å². The van der Waals surface area contributed by atoms with Crippen LogP contribution in [0, 0.1) is 23.2 Å². The number of anilines is 3. The van der Waals surface area contributed by atoms with Gasteiger partial charge in [0.05, 0.1) is 23.4 Å². The fourth-order valence-corrected chi connectivity index (χ4v) is 3.95. The topological polar surface area (TPSA) is 126 Å². The first-order valence-electron chi connectivity index (χ1n) is 12.6. The smallest absolute Gasteiger partial charge is 0.246 e. The summed E-state index contributed by atoms with van der Waals surface area (Å²) < 4.78 is 0. The van der Waals surface area contributed by atoms with E-state index in [2.05, 4.69) is 43.8 Å². The first kappa shape index (κ1) is 28.2. The fourth-order valence-electron chi connectivity index (χ4n) is 3.95. The van der Waals surface area contributed by atoms with Gasteiger partial charge < -0.3 is 25.8 Å². The highest BCUT2D eigenvalue weighted by atomic mass is 16.2. The number of hydrogen-bond donors (Lipinski definition) is 3. The molecular formula is C28H34N8O2. The third-order valence-electron chi connectivity index (χ3n) is 5.84. The summed E-state index contributed by atoms with van der Waals surface area (Å²) in [6.07, 6.45) is 7.80. The molecular weight excluding hydrogens is 480 g/mol. The largest absolute Gasteiger partial charge is 0.372 e. The second kappa shape index (κ2) is 14.4. The van der Waals surface area contributed by atoms with Crippen LogP contribution in [0.2, 0.25) is 0 Å². The fraction of sp³-hybridized carbons (Fsp3) is 0.393. The maximum atomic E-state index is 12.7. The molecule has 0 saturated carbocycles. The molecule has 0 radical (unpaired) electrons. The Kier molecular flexibility index (Phi) is 10.6. The van der Waals surface area contributed by atoms with Crippen LogP contribution in [0.15, 0.2) is 42.6 Å². The van der Waals surface area contributed by atoms with Crippen LogP contribution in [0.5, 0.6) is 0 Å². The summed E-state index contributed by atoms with van der Waals surface area (Å²) in [6, 6.07) is 8.76. The van der Waals surface area contributed by atoms with E-state index in [0.29, 0.717) is 61.8 Å². The summed E-state index contributed by atoms with van der Waals surface area (Å²) in [5, 5.41) is 18.1. The zero-order valence-electron chi connectivity index (χ0n) is 22.1. The minimum Gasteiger partial charge on any atom is -0.372 e. The van der Waals surface area contributed by atoms with E-state index in [1.54, 1.807) is 42.4 Å². The minimum atomic E-state index is -0.414. The highest BCUT2D eigenvalue weighted by Gasteiger charge is 2.32. The standard InChI is InChI=1S/C28H34N8O2/c1-30-26-22(20-32-28(34-26)33-23-12-7-10-21(18-23)19-29)11-5-4-6-15-31-27(38)24-13-8-17-36(24)25(37)14-9-16-35(2)3/h7,9-10,12,14,18,20,24H,4,6,8,13,15-17H2,1-3H3,(H,31,38)(H2,30,32,33,34)/b14-9+. The lowest BCUT2D eigenvalue weighted by atomic mass is 10.2. The molecule has 1 aliphatic heterocycles. The molecule has 198 valence electrons. The van der Waals surface area contributed by atoms with Crippen molar-refractivity contribution < 1.29 is 9.59 Å². The summed E-state index contributed by atoms with van der Waals surface area (Å²) in [6.45, 7) is 1.77. The number of likely N-dealkylation sites (N-methyl/N-ethyl adjacent to an activating group) is 1. The number of nitriles is 1. The van der Waals surface area contributed by atoms with E-state index in [1.165, 1.54) is 0 Å². The van der Waals surface area contributed by atoms with Gasteiger partial charge >= 0.3 is 0 Å². The molecule has 3 N–H and O–H groups in total. The predicted molar refractivity (Wildman–Crippen MR) is 148 cm³/mol. The molecule has 1 atom stereocenters. The Morgan fingerprint density at radius 3 is 2.92 bits per heavy atom. The Hall–Kier alpha value is -4.41. The normalized spacial score (nSPS) is 14.6. The zero-order chi connectivity index (χ0) is 27.3. The first-order valence-corrected chi connectivity index (χ1v) is 12.6. The molecule has 1 aromatic heterocycles. The Labute approximate surface area is 224 Å². The lowest BCUT2D eigenvalue weighted by molar-refractivity contribution is -0.135. The number of aromatic nitrogens is 2. The number of amides is 2. The summed E-state index contributed by atoms with van der Waals surface area (Å²) in [4.78, 5) is 37.5. The Bertz CT molecular complexity index is 1260. The van der Waals surface area contributed by atoms with E-state index >= 15 is 0 Å². The van der Waals surface area contributed by atoms with Crippen LogP contribution in [0.3, 0.4) is 0 Å². The molecule has 1 saturated heterocycles. The lowest BCUT2D eigenvalue weighted by Crippen LogP contribution is -2.45. The molecule has 10 heteroatoms.